The van der Waals surface area contributed by atoms with Crippen LogP contribution in [0, 0.1) is 0 Å². The molecule has 2 heterocycles. The highest BCUT2D eigenvalue weighted by Gasteiger charge is 2.14. The number of hydrogen-bond acceptors (Lipinski definition) is 5. The summed E-state index contributed by atoms with van der Waals surface area (Å²) in [6, 6.07) is 3.65. The molecule has 1 fully saturated rings. The molecule has 0 amide bonds. The van der Waals surface area contributed by atoms with Crippen LogP contribution >= 0.6 is 0 Å². The average Bonchev–Trinajstić information content (AvgIpc) is 2.63. The fraction of sp³-hybridized carbons (Fsp3) is 0.538. The Labute approximate surface area is 107 Å². The molecular weight excluding hydrogens is 230 g/mol. The Morgan fingerprint density at radius 3 is 2.78 bits per heavy atom. The van der Waals surface area contributed by atoms with E-state index < -0.39 is 0 Å². The molecule has 0 atom stereocenters. The van der Waals surface area contributed by atoms with Gasteiger partial charge in [0, 0.05) is 25.8 Å². The molecule has 0 saturated carbocycles. The van der Waals surface area contributed by atoms with Crippen molar-refractivity contribution in [2.24, 2.45) is 0 Å². The topological polar surface area (TPSA) is 45.7 Å². The van der Waals surface area contributed by atoms with Gasteiger partial charge >= 0.3 is 5.97 Å². The molecule has 2 rings (SSSR count). The van der Waals surface area contributed by atoms with Crippen LogP contribution in [0.1, 0.15) is 16.8 Å². The lowest BCUT2D eigenvalue weighted by molar-refractivity contribution is 0.0600. The number of nitrogens with zero attached hydrogens (tertiary/aromatic N) is 3. The van der Waals surface area contributed by atoms with E-state index in [1.54, 1.807) is 12.3 Å². The van der Waals surface area contributed by atoms with Gasteiger partial charge in [-0.25, -0.2) is 9.78 Å². The van der Waals surface area contributed by atoms with Crippen LogP contribution in [0.25, 0.3) is 0 Å². The maximum absolute atomic E-state index is 11.3. The molecule has 0 aromatic carbocycles. The van der Waals surface area contributed by atoms with Crippen molar-refractivity contribution < 1.29 is 9.53 Å². The van der Waals surface area contributed by atoms with Crippen LogP contribution in [0.2, 0.25) is 0 Å². The standard InChI is InChI=1S/C13H19N3O2/c1-15-6-3-7-16(9-8-15)12-5-4-11(10-14-12)13(17)18-2/h4-5,10H,3,6-9H2,1-2H3. The predicted molar refractivity (Wildman–Crippen MR) is 69.9 cm³/mol. The van der Waals surface area contributed by atoms with E-state index in [1.165, 1.54) is 7.11 Å². The van der Waals surface area contributed by atoms with Crippen molar-refractivity contribution in [2.75, 3.05) is 45.2 Å². The minimum absolute atomic E-state index is 0.343. The Kier molecular flexibility index (Phi) is 4.15. The van der Waals surface area contributed by atoms with Gasteiger partial charge in [0.05, 0.1) is 12.7 Å². The van der Waals surface area contributed by atoms with Crippen LogP contribution in [0.4, 0.5) is 5.82 Å². The first-order valence-corrected chi connectivity index (χ1v) is 6.18. The maximum atomic E-state index is 11.3. The highest BCUT2D eigenvalue weighted by Crippen LogP contribution is 2.14. The summed E-state index contributed by atoms with van der Waals surface area (Å²) in [5.41, 5.74) is 0.494. The molecule has 0 aliphatic carbocycles. The van der Waals surface area contributed by atoms with Crippen LogP contribution < -0.4 is 4.90 Å². The first-order chi connectivity index (χ1) is 8.70. The number of ether oxygens (including phenoxy) is 1. The third kappa shape index (κ3) is 2.98. The van der Waals surface area contributed by atoms with Gasteiger partial charge in [-0.2, -0.15) is 0 Å². The molecule has 5 nitrogen and oxygen atoms in total. The highest BCUT2D eigenvalue weighted by molar-refractivity contribution is 5.89. The second-order valence-electron chi connectivity index (χ2n) is 4.54. The van der Waals surface area contributed by atoms with E-state index in [1.807, 2.05) is 6.07 Å². The van der Waals surface area contributed by atoms with Gasteiger partial charge in [-0.1, -0.05) is 0 Å². The Bertz CT molecular complexity index is 405. The number of anilines is 1. The zero-order valence-corrected chi connectivity index (χ0v) is 10.9. The van der Waals surface area contributed by atoms with Gasteiger partial charge in [-0.15, -0.1) is 0 Å². The van der Waals surface area contributed by atoms with Gasteiger partial charge in [0.25, 0.3) is 0 Å². The molecule has 0 N–H and O–H groups in total. The number of rotatable bonds is 2. The van der Waals surface area contributed by atoms with Crippen LogP contribution in [-0.4, -0.2) is 56.2 Å². The summed E-state index contributed by atoms with van der Waals surface area (Å²) >= 11 is 0. The molecule has 18 heavy (non-hydrogen) atoms. The quantitative estimate of drug-likeness (QED) is 0.732. The third-order valence-corrected chi connectivity index (χ3v) is 3.21. The Morgan fingerprint density at radius 2 is 2.11 bits per heavy atom. The number of pyridine rings is 1. The summed E-state index contributed by atoms with van der Waals surface area (Å²) < 4.78 is 4.66. The van der Waals surface area contributed by atoms with E-state index in [0.717, 1.165) is 38.4 Å². The monoisotopic (exact) mass is 249 g/mol. The van der Waals surface area contributed by atoms with E-state index in [9.17, 15) is 4.79 Å². The minimum Gasteiger partial charge on any atom is -0.465 e. The third-order valence-electron chi connectivity index (χ3n) is 3.21. The Hall–Kier alpha value is -1.62. The van der Waals surface area contributed by atoms with Gasteiger partial charge in [0.1, 0.15) is 5.82 Å². The number of methoxy groups -OCH3 is 1. The van der Waals surface area contributed by atoms with Crippen molar-refractivity contribution in [1.82, 2.24) is 9.88 Å². The van der Waals surface area contributed by atoms with E-state index >= 15 is 0 Å². The van der Waals surface area contributed by atoms with Gasteiger partial charge in [0.2, 0.25) is 0 Å². The van der Waals surface area contributed by atoms with E-state index in [2.05, 4.69) is 26.6 Å². The average molecular weight is 249 g/mol. The molecular formula is C13H19N3O2. The van der Waals surface area contributed by atoms with Gasteiger partial charge in [-0.05, 0) is 32.1 Å². The zero-order valence-electron chi connectivity index (χ0n) is 10.9. The number of carbonyl (C=O) groups excluding carboxylic acids is 1. The largest absolute Gasteiger partial charge is 0.465 e. The van der Waals surface area contributed by atoms with Gasteiger partial charge in [0.15, 0.2) is 0 Å². The smallest absolute Gasteiger partial charge is 0.339 e. The summed E-state index contributed by atoms with van der Waals surface area (Å²) in [5, 5.41) is 0. The molecule has 1 aliphatic heterocycles. The van der Waals surface area contributed by atoms with E-state index in [-0.39, 0.29) is 5.97 Å². The van der Waals surface area contributed by atoms with Gasteiger partial charge < -0.3 is 14.5 Å². The molecule has 0 spiro atoms. The van der Waals surface area contributed by atoms with Gasteiger partial charge in [-0.3, -0.25) is 0 Å². The maximum Gasteiger partial charge on any atom is 0.339 e. The zero-order chi connectivity index (χ0) is 13.0. The number of likely N-dealkylation sites (N-methyl/N-ethyl adjacent to an activating group) is 1. The summed E-state index contributed by atoms with van der Waals surface area (Å²) in [5.74, 6) is 0.586. The molecule has 0 unspecified atom stereocenters. The summed E-state index contributed by atoms with van der Waals surface area (Å²) in [4.78, 5) is 20.2. The highest BCUT2D eigenvalue weighted by atomic mass is 16.5. The molecule has 5 heteroatoms. The lowest BCUT2D eigenvalue weighted by atomic mass is 10.3. The van der Waals surface area contributed by atoms with Crippen molar-refractivity contribution >= 4 is 11.8 Å². The van der Waals surface area contributed by atoms with Crippen molar-refractivity contribution in [3.8, 4) is 0 Å². The molecule has 0 radical (unpaired) electrons. The van der Waals surface area contributed by atoms with Crippen molar-refractivity contribution in [2.45, 2.75) is 6.42 Å². The Balaban J connectivity index is 2.06. The molecule has 1 aromatic heterocycles. The predicted octanol–water partition coefficient (Wildman–Crippen LogP) is 1.01. The number of hydrogen-bond donors (Lipinski definition) is 0. The molecule has 1 aliphatic rings. The van der Waals surface area contributed by atoms with Crippen molar-refractivity contribution in [3.05, 3.63) is 23.9 Å². The summed E-state index contributed by atoms with van der Waals surface area (Å²) in [7, 11) is 3.51. The van der Waals surface area contributed by atoms with Crippen LogP contribution in [0.5, 0.6) is 0 Å². The fourth-order valence-electron chi connectivity index (χ4n) is 2.09. The Morgan fingerprint density at radius 1 is 1.28 bits per heavy atom. The molecule has 1 aromatic rings. The molecule has 98 valence electrons. The van der Waals surface area contributed by atoms with Crippen LogP contribution in [0.3, 0.4) is 0 Å². The summed E-state index contributed by atoms with van der Waals surface area (Å²) in [6.45, 7) is 4.15. The minimum atomic E-state index is -0.343. The number of esters is 1. The molecule has 1 saturated heterocycles. The SMILES string of the molecule is COC(=O)c1ccc(N2CCCN(C)CC2)nc1. The van der Waals surface area contributed by atoms with Crippen molar-refractivity contribution in [3.63, 3.8) is 0 Å². The lowest BCUT2D eigenvalue weighted by Crippen LogP contribution is -2.29. The van der Waals surface area contributed by atoms with E-state index in [0.29, 0.717) is 5.56 Å². The first kappa shape index (κ1) is 12.8. The van der Waals surface area contributed by atoms with Crippen LogP contribution in [-0.2, 0) is 4.74 Å². The second-order valence-corrected chi connectivity index (χ2v) is 4.54. The number of carbonyl (C=O) groups is 1. The number of aromatic nitrogens is 1. The summed E-state index contributed by atoms with van der Waals surface area (Å²) in [6.07, 6.45) is 2.71. The first-order valence-electron chi connectivity index (χ1n) is 6.18. The van der Waals surface area contributed by atoms with Crippen molar-refractivity contribution in [1.29, 1.82) is 0 Å². The fourth-order valence-corrected chi connectivity index (χ4v) is 2.09. The van der Waals surface area contributed by atoms with E-state index in [4.69, 9.17) is 0 Å². The second kappa shape index (κ2) is 5.82. The lowest BCUT2D eigenvalue weighted by Gasteiger charge is -2.21. The normalized spacial score (nSPS) is 17.3. The van der Waals surface area contributed by atoms with Crippen LogP contribution in [0.15, 0.2) is 18.3 Å². The molecule has 0 bridgehead atoms.